The molecule has 0 aliphatic rings. The Morgan fingerprint density at radius 2 is 2.09 bits per heavy atom. The van der Waals surface area contributed by atoms with Gasteiger partial charge in [0, 0.05) is 17.6 Å². The smallest absolute Gasteiger partial charge is 0.287 e. The molecule has 0 saturated carbocycles. The number of hydrogen-bond acceptors (Lipinski definition) is 5. The van der Waals surface area contributed by atoms with Crippen molar-refractivity contribution in [1.82, 2.24) is 9.88 Å². The van der Waals surface area contributed by atoms with Gasteiger partial charge in [0.25, 0.3) is 5.69 Å². The molecule has 0 amide bonds. The number of nitrogens with zero attached hydrogens (tertiary/aromatic N) is 3. The Morgan fingerprint density at radius 1 is 1.39 bits per heavy atom. The third-order valence-electron chi connectivity index (χ3n) is 3.63. The van der Waals surface area contributed by atoms with Crippen LogP contribution in [0.3, 0.4) is 0 Å². The van der Waals surface area contributed by atoms with Crippen LogP contribution in [-0.4, -0.2) is 35.4 Å². The molecule has 0 fully saturated rings. The molecule has 1 aromatic carbocycles. The number of hydrogen-bond donors (Lipinski definition) is 1. The van der Waals surface area contributed by atoms with E-state index in [1.807, 2.05) is 38.4 Å². The van der Waals surface area contributed by atoms with Crippen molar-refractivity contribution in [2.45, 2.75) is 13.0 Å². The average molecular weight is 335 g/mol. The molecule has 1 unspecified atom stereocenters. The van der Waals surface area contributed by atoms with Crippen LogP contribution < -0.4 is 5.32 Å². The maximum absolute atomic E-state index is 10.8. The third-order valence-corrected chi connectivity index (χ3v) is 3.97. The quantitative estimate of drug-likeness (QED) is 0.644. The largest absolute Gasteiger partial charge is 0.368 e. The monoisotopic (exact) mass is 334 g/mol. The van der Waals surface area contributed by atoms with Crippen LogP contribution in [0.2, 0.25) is 5.02 Å². The summed E-state index contributed by atoms with van der Waals surface area (Å²) in [6.45, 7) is 2.38. The molecular weight excluding hydrogens is 316 g/mol. The first-order valence-corrected chi connectivity index (χ1v) is 7.53. The van der Waals surface area contributed by atoms with Gasteiger partial charge in [-0.25, -0.2) is 4.98 Å². The highest BCUT2D eigenvalue weighted by Gasteiger charge is 2.18. The van der Waals surface area contributed by atoms with Crippen molar-refractivity contribution in [3.05, 3.63) is 62.8 Å². The van der Waals surface area contributed by atoms with E-state index < -0.39 is 4.92 Å². The van der Waals surface area contributed by atoms with Gasteiger partial charge in [-0.1, -0.05) is 29.8 Å². The SMILES string of the molecule is Cc1cc([N+](=O)[O-])cnc1NCC(c1ccccc1Cl)N(C)C. The Kier molecular flexibility index (Phi) is 5.52. The molecule has 2 aromatic rings. The fraction of sp³-hybridized carbons (Fsp3) is 0.312. The Bertz CT molecular complexity index is 706. The van der Waals surface area contributed by atoms with E-state index in [9.17, 15) is 10.1 Å². The number of aryl methyl sites for hydroxylation is 1. The molecular formula is C16H19ClN4O2. The summed E-state index contributed by atoms with van der Waals surface area (Å²) < 4.78 is 0. The van der Waals surface area contributed by atoms with Crippen LogP contribution in [0.25, 0.3) is 0 Å². The van der Waals surface area contributed by atoms with Crippen LogP contribution in [0.4, 0.5) is 11.5 Å². The Hall–Kier alpha value is -2.18. The summed E-state index contributed by atoms with van der Waals surface area (Å²) in [5, 5.41) is 14.7. The Balaban J connectivity index is 2.17. The Labute approximate surface area is 140 Å². The van der Waals surface area contributed by atoms with Crippen LogP contribution in [0, 0.1) is 17.0 Å². The van der Waals surface area contributed by atoms with E-state index in [2.05, 4.69) is 15.2 Å². The second-order valence-corrected chi connectivity index (χ2v) is 5.91. The highest BCUT2D eigenvalue weighted by atomic mass is 35.5. The summed E-state index contributed by atoms with van der Waals surface area (Å²) in [6, 6.07) is 9.27. The van der Waals surface area contributed by atoms with Gasteiger partial charge in [-0.2, -0.15) is 0 Å². The van der Waals surface area contributed by atoms with Crippen molar-refractivity contribution in [3.63, 3.8) is 0 Å². The van der Waals surface area contributed by atoms with Crippen molar-refractivity contribution in [3.8, 4) is 0 Å². The maximum atomic E-state index is 10.8. The molecule has 1 atom stereocenters. The number of likely N-dealkylation sites (N-methyl/N-ethyl adjacent to an activating group) is 1. The number of pyridine rings is 1. The van der Waals surface area contributed by atoms with Gasteiger partial charge in [0.1, 0.15) is 12.0 Å². The molecule has 1 N–H and O–H groups in total. The first kappa shape index (κ1) is 17.2. The number of halogens is 1. The molecule has 0 bridgehead atoms. The summed E-state index contributed by atoms with van der Waals surface area (Å²) in [6.07, 6.45) is 1.26. The predicted molar refractivity (Wildman–Crippen MR) is 92.0 cm³/mol. The molecule has 0 radical (unpaired) electrons. The van der Waals surface area contributed by atoms with Crippen LogP contribution >= 0.6 is 11.6 Å². The minimum atomic E-state index is -0.448. The van der Waals surface area contributed by atoms with E-state index in [4.69, 9.17) is 11.6 Å². The van der Waals surface area contributed by atoms with Gasteiger partial charge < -0.3 is 10.2 Å². The molecule has 1 aromatic heterocycles. The first-order valence-electron chi connectivity index (χ1n) is 7.16. The van der Waals surface area contributed by atoms with E-state index in [0.29, 0.717) is 17.4 Å². The minimum absolute atomic E-state index is 0.0108. The molecule has 1 heterocycles. The van der Waals surface area contributed by atoms with Crippen molar-refractivity contribution >= 4 is 23.1 Å². The van der Waals surface area contributed by atoms with Crippen molar-refractivity contribution in [2.75, 3.05) is 26.0 Å². The number of aromatic nitrogens is 1. The molecule has 0 aliphatic heterocycles. The van der Waals surface area contributed by atoms with Crippen molar-refractivity contribution in [2.24, 2.45) is 0 Å². The van der Waals surface area contributed by atoms with Crippen molar-refractivity contribution < 1.29 is 4.92 Å². The zero-order valence-corrected chi connectivity index (χ0v) is 14.0. The van der Waals surface area contributed by atoms with Gasteiger partial charge in [0.2, 0.25) is 0 Å². The summed E-state index contributed by atoms with van der Waals surface area (Å²) in [5.74, 6) is 0.634. The van der Waals surface area contributed by atoms with Crippen LogP contribution in [0.15, 0.2) is 36.5 Å². The first-order chi connectivity index (χ1) is 10.9. The van der Waals surface area contributed by atoms with Gasteiger partial charge in [-0.15, -0.1) is 0 Å². The van der Waals surface area contributed by atoms with E-state index in [0.717, 1.165) is 11.1 Å². The molecule has 0 spiro atoms. The average Bonchev–Trinajstić information content (AvgIpc) is 2.50. The lowest BCUT2D eigenvalue weighted by Crippen LogP contribution is -2.27. The van der Waals surface area contributed by atoms with Gasteiger partial charge in [0.15, 0.2) is 0 Å². The highest BCUT2D eigenvalue weighted by molar-refractivity contribution is 6.31. The van der Waals surface area contributed by atoms with Gasteiger partial charge in [0.05, 0.1) is 11.0 Å². The normalized spacial score (nSPS) is 12.2. The van der Waals surface area contributed by atoms with E-state index in [1.54, 1.807) is 6.92 Å². The molecule has 23 heavy (non-hydrogen) atoms. The third kappa shape index (κ3) is 4.18. The molecule has 0 saturated heterocycles. The minimum Gasteiger partial charge on any atom is -0.368 e. The standard InChI is InChI=1S/C16H19ClN4O2/c1-11-8-12(21(22)23)9-18-16(11)19-10-15(20(2)3)13-6-4-5-7-14(13)17/h4-9,15H,10H2,1-3H3,(H,18,19). The molecule has 0 aliphatic carbocycles. The summed E-state index contributed by atoms with van der Waals surface area (Å²) in [7, 11) is 3.96. The van der Waals surface area contributed by atoms with Gasteiger partial charge >= 0.3 is 0 Å². The van der Waals surface area contributed by atoms with Crippen LogP contribution in [0.1, 0.15) is 17.2 Å². The summed E-state index contributed by atoms with van der Waals surface area (Å²) in [4.78, 5) is 16.5. The molecule has 6 nitrogen and oxygen atoms in total. The fourth-order valence-corrected chi connectivity index (χ4v) is 2.62. The van der Waals surface area contributed by atoms with E-state index in [-0.39, 0.29) is 11.7 Å². The van der Waals surface area contributed by atoms with Gasteiger partial charge in [-0.3, -0.25) is 10.1 Å². The molecule has 122 valence electrons. The Morgan fingerprint density at radius 3 is 2.65 bits per heavy atom. The predicted octanol–water partition coefficient (Wildman–Crippen LogP) is 3.67. The van der Waals surface area contributed by atoms with Crippen molar-refractivity contribution in [1.29, 1.82) is 0 Å². The van der Waals surface area contributed by atoms with Crippen LogP contribution in [0.5, 0.6) is 0 Å². The van der Waals surface area contributed by atoms with E-state index >= 15 is 0 Å². The fourth-order valence-electron chi connectivity index (χ4n) is 2.35. The second kappa shape index (κ2) is 7.39. The lowest BCUT2D eigenvalue weighted by atomic mass is 10.1. The number of nitrogens with one attached hydrogen (secondary N) is 1. The molecule has 7 heteroatoms. The lowest BCUT2D eigenvalue weighted by molar-refractivity contribution is -0.385. The van der Waals surface area contributed by atoms with E-state index in [1.165, 1.54) is 12.3 Å². The zero-order chi connectivity index (χ0) is 17.0. The maximum Gasteiger partial charge on any atom is 0.287 e. The number of nitro groups is 1. The number of anilines is 1. The van der Waals surface area contributed by atoms with Gasteiger partial charge in [-0.05, 0) is 38.2 Å². The zero-order valence-electron chi connectivity index (χ0n) is 13.3. The van der Waals surface area contributed by atoms with Crippen LogP contribution in [-0.2, 0) is 0 Å². The summed E-state index contributed by atoms with van der Waals surface area (Å²) in [5.41, 5.74) is 1.74. The second-order valence-electron chi connectivity index (χ2n) is 5.50. The summed E-state index contributed by atoms with van der Waals surface area (Å²) >= 11 is 6.29. The highest BCUT2D eigenvalue weighted by Crippen LogP contribution is 2.27. The number of rotatable bonds is 6. The number of benzene rings is 1. The molecule has 2 rings (SSSR count). The topological polar surface area (TPSA) is 71.3 Å². The lowest BCUT2D eigenvalue weighted by Gasteiger charge is -2.26.